The van der Waals surface area contributed by atoms with Gasteiger partial charge >= 0.3 is 17.9 Å². The summed E-state index contributed by atoms with van der Waals surface area (Å²) in [5, 5.41) is 0. The highest BCUT2D eigenvalue weighted by Crippen LogP contribution is 2.64. The predicted molar refractivity (Wildman–Crippen MR) is 175 cm³/mol. The Morgan fingerprint density at radius 3 is 2.23 bits per heavy atom. The molecule has 2 saturated heterocycles. The zero-order valence-electron chi connectivity index (χ0n) is 25.3. The van der Waals surface area contributed by atoms with Crippen LogP contribution in [-0.2, 0) is 28.6 Å². The number of fused-ring (bicyclic) bond motifs is 6. The molecule has 252 valence electrons. The van der Waals surface area contributed by atoms with E-state index in [-0.39, 0.29) is 76.6 Å². The summed E-state index contributed by atoms with van der Waals surface area (Å²) in [5.74, 6) is 3.50. The van der Waals surface area contributed by atoms with Gasteiger partial charge in [0.1, 0.15) is 17.3 Å². The Morgan fingerprint density at radius 2 is 1.60 bits per heavy atom. The molecule has 2 aliphatic heterocycles. The van der Waals surface area contributed by atoms with Gasteiger partial charge in [-0.05, 0) is 102 Å². The molecule has 5 saturated carbocycles. The van der Waals surface area contributed by atoms with Crippen molar-refractivity contribution in [3.8, 4) is 0 Å². The number of hydrogen-bond donors (Lipinski definition) is 0. The van der Waals surface area contributed by atoms with E-state index in [1.54, 1.807) is 0 Å². The lowest BCUT2D eigenvalue weighted by atomic mass is 9.65. The normalized spacial score (nSPS) is 38.3. The molecule has 0 amide bonds. The highest BCUT2D eigenvalue weighted by Gasteiger charge is 2.62. The van der Waals surface area contributed by atoms with E-state index in [4.69, 9.17) is 14.2 Å². The molecule has 0 aromatic heterocycles. The average Bonchev–Trinajstić information content (AvgIpc) is 3.58. The summed E-state index contributed by atoms with van der Waals surface area (Å²) in [5.41, 5.74) is -0.887. The lowest BCUT2D eigenvalue weighted by molar-refractivity contribution is -0.181. The zero-order chi connectivity index (χ0) is 28.2. The van der Waals surface area contributed by atoms with Gasteiger partial charge in [0, 0.05) is 18.8 Å². The summed E-state index contributed by atoms with van der Waals surface area (Å²) in [7, 11) is 0. The largest absolute Gasteiger partial charge is 0.462 e. The van der Waals surface area contributed by atoms with Gasteiger partial charge in [0.25, 0.3) is 0 Å². The van der Waals surface area contributed by atoms with E-state index in [2.05, 4.69) is 13.8 Å². The second kappa shape index (κ2) is 14.7. The molecular weight excluding hydrogens is 540 g/mol. The predicted octanol–water partition coefficient (Wildman–Crippen LogP) is 9.57. The monoisotopic (exact) mass is 609 g/mol. The van der Waals surface area contributed by atoms with Crippen LogP contribution in [0.5, 0.6) is 0 Å². The van der Waals surface area contributed by atoms with E-state index in [9.17, 15) is 14.4 Å². The van der Waals surface area contributed by atoms with Crippen LogP contribution >= 0.6 is 0 Å². The lowest BCUT2D eigenvalue weighted by Crippen LogP contribution is -2.48. The summed E-state index contributed by atoms with van der Waals surface area (Å²) in [6, 6.07) is 0. The third-order valence-corrected chi connectivity index (χ3v) is 12.0. The molecule has 5 aliphatic carbocycles. The molecule has 0 aromatic carbocycles. The van der Waals surface area contributed by atoms with Crippen LogP contribution in [0, 0.1) is 46.8 Å². The quantitative estimate of drug-likeness (QED) is 0.211. The van der Waals surface area contributed by atoms with Crippen LogP contribution in [0.4, 0.5) is 0 Å². The first-order valence-electron chi connectivity index (χ1n) is 16.1. The molecule has 6 nitrogen and oxygen atoms in total. The lowest BCUT2D eigenvalue weighted by Gasteiger charge is -2.45. The molecule has 0 aromatic rings. The average molecular weight is 609 g/mol. The standard InChI is InChI=1S/C18H30O2.C15H22O4.4CH4/c1-5-17(3,4)16(19)20-18(6-2)11-12-10-15(18)14-9-7-8-13(12)14;1-3-9(2)13(16)19-15-6-10-4-11(7-15)14(17)18-12(5-10)8-15;;;;/h12-15H,5-11H2,1-4H3;9-12H,3-8H2,1-2H3;4*1H4. The van der Waals surface area contributed by atoms with E-state index in [0.29, 0.717) is 24.7 Å². The van der Waals surface area contributed by atoms with Crippen molar-refractivity contribution in [2.24, 2.45) is 46.8 Å². The van der Waals surface area contributed by atoms with Crippen molar-refractivity contribution < 1.29 is 28.6 Å². The summed E-state index contributed by atoms with van der Waals surface area (Å²) in [6.07, 6.45) is 13.4. The zero-order valence-corrected chi connectivity index (χ0v) is 25.3. The van der Waals surface area contributed by atoms with Gasteiger partial charge in [0.15, 0.2) is 0 Å². The molecule has 6 heteroatoms. The first kappa shape index (κ1) is 39.4. The highest BCUT2D eigenvalue weighted by molar-refractivity contribution is 5.76. The molecule has 0 spiro atoms. The molecule has 7 fully saturated rings. The van der Waals surface area contributed by atoms with Gasteiger partial charge in [-0.25, -0.2) is 0 Å². The number of hydrogen-bond acceptors (Lipinski definition) is 6. The van der Waals surface area contributed by atoms with Crippen LogP contribution in [0.2, 0.25) is 0 Å². The van der Waals surface area contributed by atoms with Crippen LogP contribution < -0.4 is 0 Å². The van der Waals surface area contributed by atoms with Crippen LogP contribution in [0.15, 0.2) is 0 Å². The van der Waals surface area contributed by atoms with E-state index in [1.165, 1.54) is 25.7 Å². The van der Waals surface area contributed by atoms with E-state index < -0.39 is 5.60 Å². The van der Waals surface area contributed by atoms with Gasteiger partial charge in [-0.3, -0.25) is 14.4 Å². The van der Waals surface area contributed by atoms with Crippen molar-refractivity contribution in [3.05, 3.63) is 0 Å². The fourth-order valence-electron chi connectivity index (χ4n) is 9.26. The summed E-state index contributed by atoms with van der Waals surface area (Å²) >= 11 is 0. The molecule has 43 heavy (non-hydrogen) atoms. The van der Waals surface area contributed by atoms with Crippen molar-refractivity contribution in [1.29, 1.82) is 0 Å². The number of esters is 3. The van der Waals surface area contributed by atoms with Crippen molar-refractivity contribution in [3.63, 3.8) is 0 Å². The molecule has 7 rings (SSSR count). The molecule has 10 atom stereocenters. The molecule has 7 aliphatic rings. The van der Waals surface area contributed by atoms with Gasteiger partial charge in [0.2, 0.25) is 0 Å². The summed E-state index contributed by atoms with van der Waals surface area (Å²) < 4.78 is 17.6. The minimum absolute atomic E-state index is 0. The van der Waals surface area contributed by atoms with Gasteiger partial charge < -0.3 is 14.2 Å². The topological polar surface area (TPSA) is 78.9 Å². The van der Waals surface area contributed by atoms with Crippen LogP contribution in [0.25, 0.3) is 0 Å². The SMILES string of the molecule is C.C.C.C.CCC(C)(C)C(=O)OC1(CC)CC2CC1C1CCCC21.CCC(C)C(=O)OC12CC3CC(C1)OC(=O)C(C3)C2. The minimum Gasteiger partial charge on any atom is -0.462 e. The second-order valence-corrected chi connectivity index (χ2v) is 14.7. The minimum atomic E-state index is -0.427. The highest BCUT2D eigenvalue weighted by atomic mass is 16.6. The molecule has 2 heterocycles. The van der Waals surface area contributed by atoms with Crippen LogP contribution in [-0.4, -0.2) is 35.2 Å². The Kier molecular flexibility index (Phi) is 13.5. The molecule has 0 radical (unpaired) electrons. The Morgan fingerprint density at radius 1 is 0.930 bits per heavy atom. The van der Waals surface area contributed by atoms with Crippen molar-refractivity contribution in [2.75, 3.05) is 0 Å². The number of carbonyl (C=O) groups excluding carboxylic acids is 3. The number of rotatable bonds is 7. The van der Waals surface area contributed by atoms with E-state index >= 15 is 0 Å². The van der Waals surface area contributed by atoms with Gasteiger partial charge in [0.05, 0.1) is 17.3 Å². The number of carbonyl (C=O) groups is 3. The maximum absolute atomic E-state index is 12.6. The van der Waals surface area contributed by atoms with E-state index in [0.717, 1.165) is 62.7 Å². The van der Waals surface area contributed by atoms with Gasteiger partial charge in [-0.15, -0.1) is 0 Å². The molecule has 10 unspecified atom stereocenters. The van der Waals surface area contributed by atoms with Crippen molar-refractivity contribution in [1.82, 2.24) is 0 Å². The van der Waals surface area contributed by atoms with E-state index in [1.807, 2.05) is 27.7 Å². The van der Waals surface area contributed by atoms with Crippen LogP contribution in [0.1, 0.15) is 155 Å². The maximum Gasteiger partial charge on any atom is 0.312 e. The molecule has 0 N–H and O–H groups in total. The third kappa shape index (κ3) is 7.29. The second-order valence-electron chi connectivity index (χ2n) is 14.7. The van der Waals surface area contributed by atoms with Crippen molar-refractivity contribution in [2.45, 2.75) is 172 Å². The molecule has 6 bridgehead atoms. The fraction of sp³-hybridized carbons (Fsp3) is 0.919. The summed E-state index contributed by atoms with van der Waals surface area (Å²) in [6.45, 7) is 12.2. The third-order valence-electron chi connectivity index (χ3n) is 12.0. The van der Waals surface area contributed by atoms with Gasteiger partial charge in [-0.1, -0.05) is 63.8 Å². The fourth-order valence-corrected chi connectivity index (χ4v) is 9.26. The summed E-state index contributed by atoms with van der Waals surface area (Å²) in [4.78, 5) is 36.6. The maximum atomic E-state index is 12.6. The van der Waals surface area contributed by atoms with Crippen LogP contribution in [0.3, 0.4) is 0 Å². The smallest absolute Gasteiger partial charge is 0.312 e. The Bertz CT molecular complexity index is 959. The van der Waals surface area contributed by atoms with Crippen molar-refractivity contribution >= 4 is 17.9 Å². The Labute approximate surface area is 265 Å². The first-order chi connectivity index (χ1) is 18.4. The first-order valence-corrected chi connectivity index (χ1v) is 16.1. The Balaban J connectivity index is 0.000000394. The molecular formula is C37H68O6. The number of ether oxygens (including phenoxy) is 3. The van der Waals surface area contributed by atoms with Gasteiger partial charge in [-0.2, -0.15) is 0 Å². The Hall–Kier alpha value is -1.59.